The SMILES string of the molecule is CCCNC(=O)N[C@@H]1CC[C@H](CCn2cc(C3CCCCC3)nn2)O[C@H]1CO. The minimum Gasteiger partial charge on any atom is -0.394 e. The number of ether oxygens (including phenoxy) is 1. The van der Waals surface area contributed by atoms with E-state index in [4.69, 9.17) is 4.74 Å². The number of aliphatic hydroxyl groups excluding tert-OH is 1. The van der Waals surface area contributed by atoms with Crippen LogP contribution < -0.4 is 10.6 Å². The molecule has 1 aromatic heterocycles. The molecular weight excluding hydrogens is 358 g/mol. The predicted molar refractivity (Wildman–Crippen MR) is 106 cm³/mol. The van der Waals surface area contributed by atoms with E-state index in [0.29, 0.717) is 12.5 Å². The van der Waals surface area contributed by atoms with E-state index >= 15 is 0 Å². The normalized spacial score (nSPS) is 26.1. The molecule has 1 saturated heterocycles. The maximum atomic E-state index is 11.9. The van der Waals surface area contributed by atoms with Crippen LogP contribution in [0.5, 0.6) is 0 Å². The zero-order chi connectivity index (χ0) is 19.8. The fraction of sp³-hybridized carbons (Fsp3) is 0.850. The Bertz CT molecular complexity index is 602. The molecule has 2 fully saturated rings. The third kappa shape index (κ3) is 5.91. The summed E-state index contributed by atoms with van der Waals surface area (Å²) in [5.74, 6) is 0.567. The quantitative estimate of drug-likeness (QED) is 0.629. The lowest BCUT2D eigenvalue weighted by Crippen LogP contribution is -2.53. The smallest absolute Gasteiger partial charge is 0.315 e. The first-order valence-electron chi connectivity index (χ1n) is 10.9. The average Bonchev–Trinajstić information content (AvgIpc) is 3.21. The molecule has 3 atom stereocenters. The molecule has 2 heterocycles. The van der Waals surface area contributed by atoms with Gasteiger partial charge in [-0.25, -0.2) is 4.79 Å². The molecule has 28 heavy (non-hydrogen) atoms. The maximum absolute atomic E-state index is 11.9. The number of aliphatic hydroxyl groups is 1. The summed E-state index contributed by atoms with van der Waals surface area (Å²) in [6, 6.07) is -0.340. The molecule has 2 amide bonds. The zero-order valence-corrected chi connectivity index (χ0v) is 17.0. The number of hydrogen-bond acceptors (Lipinski definition) is 5. The highest BCUT2D eigenvalue weighted by atomic mass is 16.5. The second kappa shape index (κ2) is 10.8. The molecule has 2 aliphatic rings. The molecule has 1 saturated carbocycles. The van der Waals surface area contributed by atoms with Crippen LogP contribution in [0.25, 0.3) is 0 Å². The molecule has 1 aliphatic heterocycles. The summed E-state index contributed by atoms with van der Waals surface area (Å²) in [5, 5.41) is 24.1. The van der Waals surface area contributed by atoms with E-state index < -0.39 is 0 Å². The first-order chi connectivity index (χ1) is 13.7. The summed E-state index contributed by atoms with van der Waals surface area (Å²) >= 11 is 0. The van der Waals surface area contributed by atoms with Crippen molar-refractivity contribution in [3.8, 4) is 0 Å². The molecule has 0 unspecified atom stereocenters. The van der Waals surface area contributed by atoms with Crippen molar-refractivity contribution in [3.05, 3.63) is 11.9 Å². The number of carbonyl (C=O) groups is 1. The van der Waals surface area contributed by atoms with Crippen LogP contribution in [0.3, 0.4) is 0 Å². The van der Waals surface area contributed by atoms with Crippen LogP contribution >= 0.6 is 0 Å². The van der Waals surface area contributed by atoms with Crippen molar-refractivity contribution in [1.29, 1.82) is 0 Å². The van der Waals surface area contributed by atoms with Crippen molar-refractivity contribution >= 4 is 6.03 Å². The number of urea groups is 1. The first-order valence-corrected chi connectivity index (χ1v) is 10.9. The second-order valence-electron chi connectivity index (χ2n) is 8.09. The summed E-state index contributed by atoms with van der Waals surface area (Å²) in [4.78, 5) is 11.9. The van der Waals surface area contributed by atoms with Gasteiger partial charge in [-0.3, -0.25) is 4.68 Å². The summed E-state index contributed by atoms with van der Waals surface area (Å²) in [5.41, 5.74) is 1.12. The fourth-order valence-electron chi connectivity index (χ4n) is 4.25. The van der Waals surface area contributed by atoms with Crippen molar-refractivity contribution in [2.45, 2.75) is 95.4 Å². The maximum Gasteiger partial charge on any atom is 0.315 e. The molecule has 158 valence electrons. The van der Waals surface area contributed by atoms with E-state index in [1.54, 1.807) is 0 Å². The highest BCUT2D eigenvalue weighted by molar-refractivity contribution is 5.74. The van der Waals surface area contributed by atoms with Crippen molar-refractivity contribution < 1.29 is 14.6 Å². The van der Waals surface area contributed by atoms with Gasteiger partial charge in [0.15, 0.2) is 0 Å². The summed E-state index contributed by atoms with van der Waals surface area (Å²) in [6.07, 6.45) is 11.6. The monoisotopic (exact) mass is 393 g/mol. The topological polar surface area (TPSA) is 101 Å². The van der Waals surface area contributed by atoms with Gasteiger partial charge in [-0.05, 0) is 38.5 Å². The Morgan fingerprint density at radius 2 is 2.11 bits per heavy atom. The number of hydrogen-bond donors (Lipinski definition) is 3. The minimum absolute atomic E-state index is 0.0660. The lowest BCUT2D eigenvalue weighted by atomic mass is 9.87. The minimum atomic E-state index is -0.361. The van der Waals surface area contributed by atoms with Crippen molar-refractivity contribution in [2.24, 2.45) is 0 Å². The molecule has 8 heteroatoms. The van der Waals surface area contributed by atoms with Crippen LogP contribution in [0.15, 0.2) is 6.20 Å². The van der Waals surface area contributed by atoms with Crippen molar-refractivity contribution in [2.75, 3.05) is 13.2 Å². The van der Waals surface area contributed by atoms with Gasteiger partial charge in [0.05, 0.1) is 24.4 Å². The Morgan fingerprint density at radius 1 is 1.29 bits per heavy atom. The number of aryl methyl sites for hydroxylation is 1. The molecule has 0 spiro atoms. The third-order valence-corrected chi connectivity index (χ3v) is 5.91. The Labute approximate surface area is 167 Å². The molecule has 0 bridgehead atoms. The van der Waals surface area contributed by atoms with Crippen molar-refractivity contribution in [1.82, 2.24) is 25.6 Å². The Balaban J connectivity index is 1.43. The zero-order valence-electron chi connectivity index (χ0n) is 17.0. The Hall–Kier alpha value is -1.67. The average molecular weight is 394 g/mol. The van der Waals surface area contributed by atoms with Crippen LogP contribution in [0, 0.1) is 0 Å². The van der Waals surface area contributed by atoms with Gasteiger partial charge in [-0.1, -0.05) is 31.4 Å². The van der Waals surface area contributed by atoms with E-state index in [0.717, 1.165) is 37.9 Å². The van der Waals surface area contributed by atoms with Gasteiger partial charge < -0.3 is 20.5 Å². The predicted octanol–water partition coefficient (Wildman–Crippen LogP) is 2.33. The fourth-order valence-corrected chi connectivity index (χ4v) is 4.25. The molecule has 0 radical (unpaired) electrons. The van der Waals surface area contributed by atoms with Crippen LogP contribution in [0.2, 0.25) is 0 Å². The van der Waals surface area contributed by atoms with Gasteiger partial charge in [0.25, 0.3) is 0 Å². The number of rotatable bonds is 8. The largest absolute Gasteiger partial charge is 0.394 e. The molecular formula is C20H35N5O3. The number of nitrogens with zero attached hydrogens (tertiary/aromatic N) is 3. The van der Waals surface area contributed by atoms with E-state index in [1.165, 1.54) is 32.1 Å². The third-order valence-electron chi connectivity index (χ3n) is 5.91. The van der Waals surface area contributed by atoms with Crippen molar-refractivity contribution in [3.63, 3.8) is 0 Å². The Morgan fingerprint density at radius 3 is 2.86 bits per heavy atom. The van der Waals surface area contributed by atoms with Gasteiger partial charge in [-0.2, -0.15) is 0 Å². The van der Waals surface area contributed by atoms with Crippen LogP contribution in [-0.2, 0) is 11.3 Å². The first kappa shape index (κ1) is 21.0. The highest BCUT2D eigenvalue weighted by Crippen LogP contribution is 2.31. The number of nitrogens with one attached hydrogen (secondary N) is 2. The molecule has 1 aliphatic carbocycles. The van der Waals surface area contributed by atoms with E-state index in [9.17, 15) is 9.90 Å². The second-order valence-corrected chi connectivity index (χ2v) is 8.09. The van der Waals surface area contributed by atoms with Gasteiger partial charge in [0, 0.05) is 25.2 Å². The highest BCUT2D eigenvalue weighted by Gasteiger charge is 2.31. The van der Waals surface area contributed by atoms with E-state index in [1.807, 2.05) is 11.6 Å². The van der Waals surface area contributed by atoms with Crippen LogP contribution in [0.1, 0.15) is 76.3 Å². The summed E-state index contributed by atoms with van der Waals surface area (Å²) < 4.78 is 7.96. The van der Waals surface area contributed by atoms with Gasteiger partial charge >= 0.3 is 6.03 Å². The molecule has 3 rings (SSSR count). The molecule has 1 aromatic rings. The summed E-state index contributed by atoms with van der Waals surface area (Å²) in [7, 11) is 0. The van der Waals surface area contributed by atoms with Gasteiger partial charge in [0.1, 0.15) is 6.10 Å². The lowest BCUT2D eigenvalue weighted by Gasteiger charge is -2.36. The molecule has 3 N–H and O–H groups in total. The van der Waals surface area contributed by atoms with Gasteiger partial charge in [-0.15, -0.1) is 5.10 Å². The number of amides is 2. The molecule has 0 aromatic carbocycles. The van der Waals surface area contributed by atoms with Gasteiger partial charge in [0.2, 0.25) is 0 Å². The Kier molecular flexibility index (Phi) is 8.09. The standard InChI is InChI=1S/C20H35N5O3/c1-2-11-21-20(27)22-17-9-8-16(28-19(17)14-26)10-12-25-13-18(23-24-25)15-6-4-3-5-7-15/h13,15-17,19,26H,2-12,14H2,1H3,(H2,21,22,27)/t16-,17-,19+/m1/s1. The van der Waals surface area contributed by atoms with E-state index in [2.05, 4.69) is 27.1 Å². The van der Waals surface area contributed by atoms with E-state index in [-0.39, 0.29) is 30.9 Å². The number of carbonyl (C=O) groups excluding carboxylic acids is 1. The molecule has 8 nitrogen and oxygen atoms in total. The number of aromatic nitrogens is 3. The summed E-state index contributed by atoms with van der Waals surface area (Å²) in [6.45, 7) is 3.33. The van der Waals surface area contributed by atoms with Crippen LogP contribution in [-0.4, -0.2) is 57.5 Å². The van der Waals surface area contributed by atoms with Crippen LogP contribution in [0.4, 0.5) is 4.79 Å². The lowest BCUT2D eigenvalue weighted by molar-refractivity contribution is -0.0907.